The van der Waals surface area contributed by atoms with Crippen LogP contribution in [0.15, 0.2) is 52.5 Å². The quantitative estimate of drug-likeness (QED) is 0.507. The number of alkyl halides is 3. The molecule has 180 valence electrons. The van der Waals surface area contributed by atoms with E-state index < -0.39 is 11.7 Å². The van der Waals surface area contributed by atoms with Crippen molar-refractivity contribution in [2.45, 2.75) is 31.2 Å². The molecule has 4 aliphatic heterocycles. The second kappa shape index (κ2) is 8.39. The van der Waals surface area contributed by atoms with E-state index in [4.69, 9.17) is 11.6 Å². The summed E-state index contributed by atoms with van der Waals surface area (Å²) >= 11 is 7.17. The highest BCUT2D eigenvalue weighted by atomic mass is 35.5. The van der Waals surface area contributed by atoms with Crippen molar-refractivity contribution in [2.75, 3.05) is 13.1 Å². The molecule has 1 amide bonds. The van der Waals surface area contributed by atoms with Gasteiger partial charge in [0.15, 0.2) is 5.17 Å². The molecule has 3 aromatic rings. The molecule has 0 spiro atoms. The average molecular weight is 518 g/mol. The zero-order chi connectivity index (χ0) is 24.3. The SMILES string of the molecule is O=C1N=C(N2CC3CC(C2)N3)S/C1=C\c1ccc2c(cnn2Cc2ccc(Cl)cc2C(F)(F)F)c1. The molecule has 7 rings (SSSR count). The Bertz CT molecular complexity index is 1400. The number of benzene rings is 2. The van der Waals surface area contributed by atoms with Gasteiger partial charge in [-0.15, -0.1) is 0 Å². The smallest absolute Gasteiger partial charge is 0.348 e. The Morgan fingerprint density at radius 2 is 1.94 bits per heavy atom. The number of amides is 1. The van der Waals surface area contributed by atoms with Gasteiger partial charge >= 0.3 is 6.18 Å². The minimum absolute atomic E-state index is 0.0318. The van der Waals surface area contributed by atoms with E-state index in [2.05, 4.69) is 20.3 Å². The molecule has 35 heavy (non-hydrogen) atoms. The average Bonchev–Trinajstić information content (AvgIpc) is 3.37. The van der Waals surface area contributed by atoms with Gasteiger partial charge in [-0.2, -0.15) is 23.3 Å². The summed E-state index contributed by atoms with van der Waals surface area (Å²) < 4.78 is 42.0. The highest BCUT2D eigenvalue weighted by molar-refractivity contribution is 8.18. The van der Waals surface area contributed by atoms with Gasteiger partial charge in [-0.3, -0.25) is 9.48 Å². The number of halogens is 4. The molecule has 3 saturated heterocycles. The van der Waals surface area contributed by atoms with Crippen molar-refractivity contribution in [3.8, 4) is 0 Å². The lowest BCUT2D eigenvalue weighted by molar-refractivity contribution is -0.138. The number of thioether (sulfide) groups is 1. The minimum Gasteiger partial charge on any atom is -0.348 e. The van der Waals surface area contributed by atoms with Gasteiger partial charge in [0.25, 0.3) is 5.91 Å². The van der Waals surface area contributed by atoms with E-state index in [-0.39, 0.29) is 23.0 Å². The van der Waals surface area contributed by atoms with Crippen LogP contribution in [0.5, 0.6) is 0 Å². The number of aliphatic imine (C=N–C) groups is 1. The highest BCUT2D eigenvalue weighted by Gasteiger charge is 2.39. The fraction of sp³-hybridized carbons (Fsp3) is 0.292. The van der Waals surface area contributed by atoms with Gasteiger partial charge in [0, 0.05) is 35.6 Å². The molecule has 4 aliphatic rings. The summed E-state index contributed by atoms with van der Waals surface area (Å²) in [4.78, 5) is 19.5. The first-order chi connectivity index (χ1) is 16.7. The Morgan fingerprint density at radius 3 is 2.69 bits per heavy atom. The predicted molar refractivity (Wildman–Crippen MR) is 130 cm³/mol. The number of fused-ring (bicyclic) bond motifs is 3. The van der Waals surface area contributed by atoms with Crippen molar-refractivity contribution >= 4 is 51.4 Å². The fourth-order valence-corrected chi connectivity index (χ4v) is 5.89. The Morgan fingerprint density at radius 1 is 1.17 bits per heavy atom. The molecule has 11 heteroatoms. The second-order valence-corrected chi connectivity index (χ2v) is 10.4. The molecule has 6 nitrogen and oxygen atoms in total. The summed E-state index contributed by atoms with van der Waals surface area (Å²) in [6, 6.07) is 10.2. The number of piperazine rings is 1. The second-order valence-electron chi connectivity index (χ2n) is 8.93. The van der Waals surface area contributed by atoms with Gasteiger partial charge in [0.2, 0.25) is 0 Å². The maximum Gasteiger partial charge on any atom is 0.416 e. The van der Waals surface area contributed by atoms with E-state index >= 15 is 0 Å². The lowest BCUT2D eigenvalue weighted by Gasteiger charge is -2.48. The van der Waals surface area contributed by atoms with Gasteiger partial charge in [-0.05, 0) is 59.7 Å². The first-order valence-electron chi connectivity index (χ1n) is 11.1. The topological polar surface area (TPSA) is 62.5 Å². The van der Waals surface area contributed by atoms with Crippen molar-refractivity contribution in [1.29, 1.82) is 0 Å². The number of carbonyl (C=O) groups excluding carboxylic acids is 1. The monoisotopic (exact) mass is 517 g/mol. The fourth-order valence-electron chi connectivity index (χ4n) is 4.79. The van der Waals surface area contributed by atoms with Gasteiger partial charge in [-0.1, -0.05) is 23.7 Å². The van der Waals surface area contributed by atoms with Crippen molar-refractivity contribution in [2.24, 2.45) is 4.99 Å². The Kier molecular flexibility index (Phi) is 5.43. The van der Waals surface area contributed by atoms with Crippen LogP contribution in [0.1, 0.15) is 23.1 Å². The molecule has 0 saturated carbocycles. The van der Waals surface area contributed by atoms with Crippen LogP contribution in [-0.2, 0) is 17.5 Å². The molecule has 2 unspecified atom stereocenters. The lowest BCUT2D eigenvalue weighted by Crippen LogP contribution is -2.67. The lowest BCUT2D eigenvalue weighted by atomic mass is 9.92. The van der Waals surface area contributed by atoms with Gasteiger partial charge < -0.3 is 10.2 Å². The molecule has 5 heterocycles. The summed E-state index contributed by atoms with van der Waals surface area (Å²) in [7, 11) is 0. The van der Waals surface area contributed by atoms with E-state index in [0.29, 0.717) is 22.5 Å². The van der Waals surface area contributed by atoms with Crippen LogP contribution in [-0.4, -0.2) is 50.9 Å². The largest absolute Gasteiger partial charge is 0.416 e. The first kappa shape index (κ1) is 22.6. The minimum atomic E-state index is -4.51. The number of carbonyl (C=O) groups is 1. The molecule has 3 fully saturated rings. The number of rotatable bonds is 3. The third kappa shape index (κ3) is 4.34. The van der Waals surface area contributed by atoms with Crippen LogP contribution in [0.4, 0.5) is 13.2 Å². The standard InChI is InChI=1S/C24H19ClF3N5OS/c25-16-3-2-14(19(7-16)24(26,27)28)10-33-20-4-1-13(5-15(20)9-29-33)6-21-22(34)31-23(35-21)32-11-17-8-18(12-32)30-17/h1-7,9,17-18,30H,8,10-12H2/b21-6-. The van der Waals surface area contributed by atoms with Crippen LogP contribution in [0.2, 0.25) is 5.02 Å². The molecule has 0 aliphatic carbocycles. The number of nitrogens with one attached hydrogen (secondary N) is 1. The number of aromatic nitrogens is 2. The van der Waals surface area contributed by atoms with Gasteiger partial charge in [0.1, 0.15) is 0 Å². The zero-order valence-electron chi connectivity index (χ0n) is 18.2. The normalized spacial score (nSPS) is 23.2. The van der Waals surface area contributed by atoms with E-state index in [0.717, 1.165) is 35.3 Å². The first-order valence-corrected chi connectivity index (χ1v) is 12.3. The van der Waals surface area contributed by atoms with Crippen LogP contribution in [0, 0.1) is 0 Å². The molecule has 0 radical (unpaired) electrons. The van der Waals surface area contributed by atoms with E-state index in [9.17, 15) is 18.0 Å². The van der Waals surface area contributed by atoms with E-state index in [1.165, 1.54) is 35.0 Å². The number of nitrogens with zero attached hydrogens (tertiary/aromatic N) is 4. The summed E-state index contributed by atoms with van der Waals surface area (Å²) in [5.74, 6) is -0.254. The van der Waals surface area contributed by atoms with Gasteiger partial charge in [-0.25, -0.2) is 0 Å². The number of piperidine rings is 1. The molecule has 1 aromatic heterocycles. The Hall–Kier alpha value is -2.82. The van der Waals surface area contributed by atoms with Crippen LogP contribution in [0.3, 0.4) is 0 Å². The maximum absolute atomic E-state index is 13.5. The van der Waals surface area contributed by atoms with Crippen LogP contribution >= 0.6 is 23.4 Å². The molecular formula is C24H19ClF3N5OS. The van der Waals surface area contributed by atoms with Crippen LogP contribution < -0.4 is 5.32 Å². The Balaban J connectivity index is 1.22. The number of hydrogen-bond donors (Lipinski definition) is 1. The molecule has 2 bridgehead atoms. The third-order valence-corrected chi connectivity index (χ3v) is 7.74. The van der Waals surface area contributed by atoms with Crippen molar-refractivity contribution < 1.29 is 18.0 Å². The zero-order valence-corrected chi connectivity index (χ0v) is 19.8. The Labute approximate surface area is 207 Å². The molecule has 1 N–H and O–H groups in total. The number of amidine groups is 1. The van der Waals surface area contributed by atoms with E-state index in [1.807, 2.05) is 12.1 Å². The summed E-state index contributed by atoms with van der Waals surface area (Å²) in [6.45, 7) is 1.67. The van der Waals surface area contributed by atoms with Gasteiger partial charge in [0.05, 0.1) is 28.7 Å². The predicted octanol–water partition coefficient (Wildman–Crippen LogP) is 4.77. The summed E-state index contributed by atoms with van der Waals surface area (Å²) in [6.07, 6.45) is 0.0671. The summed E-state index contributed by atoms with van der Waals surface area (Å²) in [5, 5.41) is 9.31. The van der Waals surface area contributed by atoms with Crippen molar-refractivity contribution in [1.82, 2.24) is 20.0 Å². The number of hydrogen-bond acceptors (Lipinski definition) is 5. The third-order valence-electron chi connectivity index (χ3n) is 6.46. The van der Waals surface area contributed by atoms with E-state index in [1.54, 1.807) is 18.3 Å². The van der Waals surface area contributed by atoms with Crippen molar-refractivity contribution in [3.63, 3.8) is 0 Å². The highest BCUT2D eigenvalue weighted by Crippen LogP contribution is 2.35. The van der Waals surface area contributed by atoms with Crippen LogP contribution in [0.25, 0.3) is 17.0 Å². The molecular weight excluding hydrogens is 499 g/mol. The van der Waals surface area contributed by atoms with Crippen molar-refractivity contribution in [3.05, 3.63) is 69.2 Å². The molecule has 2 atom stereocenters. The summed E-state index contributed by atoms with van der Waals surface area (Å²) in [5.41, 5.74) is 0.804. The molecule has 2 aromatic carbocycles. The maximum atomic E-state index is 13.5.